The van der Waals surface area contributed by atoms with Gasteiger partial charge in [0.1, 0.15) is 17.1 Å². The van der Waals surface area contributed by atoms with Crippen LogP contribution in [0.25, 0.3) is 0 Å². The lowest BCUT2D eigenvalue weighted by Crippen LogP contribution is -2.55. The molecule has 1 aliphatic rings. The highest BCUT2D eigenvalue weighted by atomic mass is 35.5. The second-order valence-corrected chi connectivity index (χ2v) is 8.86. The van der Waals surface area contributed by atoms with E-state index in [2.05, 4.69) is 20.5 Å². The molecule has 2 aromatic rings. The molecule has 2 atom stereocenters. The number of aryl methyl sites for hydroxylation is 1. The van der Waals surface area contributed by atoms with Gasteiger partial charge in [-0.2, -0.15) is 4.91 Å². The number of H-pyrrole nitrogens is 1. The molecule has 174 valence electrons. The maximum atomic E-state index is 12.7. The Bertz CT molecular complexity index is 1010. The van der Waals surface area contributed by atoms with Gasteiger partial charge in [-0.05, 0) is 20.3 Å². The van der Waals surface area contributed by atoms with Crippen molar-refractivity contribution in [1.29, 1.82) is 0 Å². The molecule has 2 unspecified atom stereocenters. The van der Waals surface area contributed by atoms with Crippen LogP contribution in [-0.2, 0) is 16.0 Å². The molecule has 1 aliphatic heterocycles. The van der Waals surface area contributed by atoms with Crippen LogP contribution in [0.2, 0.25) is 10.0 Å². The average molecular weight is 504 g/mol. The van der Waals surface area contributed by atoms with E-state index < -0.39 is 5.97 Å². The topological polar surface area (TPSA) is 126 Å². The Hall–Kier alpha value is -2.21. The molecule has 13 heteroatoms. The van der Waals surface area contributed by atoms with Crippen molar-refractivity contribution in [1.82, 2.24) is 15.3 Å². The van der Waals surface area contributed by atoms with E-state index in [-0.39, 0.29) is 52.5 Å². The number of carbonyl (C=O) groups excluding carboxylic acids is 2. The van der Waals surface area contributed by atoms with Gasteiger partial charge in [0.25, 0.3) is 5.91 Å². The Morgan fingerprint density at radius 2 is 2.12 bits per heavy atom. The predicted molar refractivity (Wildman–Crippen MR) is 122 cm³/mol. The molecular formula is C19H23Cl2N5O5S. The SMILES string of the molecule is CCOC(=O)c1sc(N2CCC(NC(=O)c3[nH]c(C)c(Cl)c3Cl)C(OC)C2)nc1CN=O. The zero-order valence-corrected chi connectivity index (χ0v) is 20.1. The number of hydrogen-bond donors (Lipinski definition) is 2. The molecule has 1 saturated heterocycles. The lowest BCUT2D eigenvalue weighted by atomic mass is 10.0. The number of nitrogens with one attached hydrogen (secondary N) is 2. The Balaban J connectivity index is 1.73. The number of ether oxygens (including phenoxy) is 2. The van der Waals surface area contributed by atoms with Crippen LogP contribution in [0.15, 0.2) is 5.18 Å². The normalized spacial score (nSPS) is 18.5. The minimum absolute atomic E-state index is 0.179. The average Bonchev–Trinajstić information content (AvgIpc) is 3.31. The van der Waals surface area contributed by atoms with E-state index in [4.69, 9.17) is 32.7 Å². The van der Waals surface area contributed by atoms with Gasteiger partial charge in [-0.1, -0.05) is 39.7 Å². The quantitative estimate of drug-likeness (QED) is 0.416. The minimum Gasteiger partial charge on any atom is -0.462 e. The number of anilines is 1. The first-order valence-electron chi connectivity index (χ1n) is 9.88. The highest BCUT2D eigenvalue weighted by Gasteiger charge is 2.34. The number of aromatic nitrogens is 2. The molecule has 1 fully saturated rings. The summed E-state index contributed by atoms with van der Waals surface area (Å²) in [5.74, 6) is -0.902. The number of aromatic amines is 1. The van der Waals surface area contributed by atoms with E-state index in [1.165, 1.54) is 0 Å². The Labute approximate surface area is 198 Å². The van der Waals surface area contributed by atoms with Crippen LogP contribution in [0.5, 0.6) is 0 Å². The molecule has 0 radical (unpaired) electrons. The number of nitroso groups, excluding NO2 is 1. The molecule has 0 bridgehead atoms. The van der Waals surface area contributed by atoms with Crippen LogP contribution >= 0.6 is 34.5 Å². The van der Waals surface area contributed by atoms with Crippen molar-refractivity contribution in [2.24, 2.45) is 5.18 Å². The summed E-state index contributed by atoms with van der Waals surface area (Å²) in [5.41, 5.74) is 1.11. The number of amides is 1. The summed E-state index contributed by atoms with van der Waals surface area (Å²) in [6, 6.07) is -0.275. The number of halogens is 2. The number of carbonyl (C=O) groups is 2. The van der Waals surface area contributed by atoms with Gasteiger partial charge in [-0.3, -0.25) is 4.79 Å². The van der Waals surface area contributed by atoms with Crippen molar-refractivity contribution in [2.45, 2.75) is 39.0 Å². The van der Waals surface area contributed by atoms with E-state index >= 15 is 0 Å². The summed E-state index contributed by atoms with van der Waals surface area (Å²) in [7, 11) is 1.56. The van der Waals surface area contributed by atoms with E-state index in [1.807, 2.05) is 4.90 Å². The molecule has 3 rings (SSSR count). The Morgan fingerprint density at radius 1 is 1.38 bits per heavy atom. The standard InChI is InChI=1S/C19H23Cl2N5O5S/c1-4-31-18(28)16-11(7-22-29)25-19(32-16)26-6-5-10(12(8-26)30-3)24-17(27)15-14(21)13(20)9(2)23-15/h10,12,23H,4-8H2,1-3H3,(H,24,27). The molecule has 0 aliphatic carbocycles. The van der Waals surface area contributed by atoms with Crippen molar-refractivity contribution in [3.8, 4) is 0 Å². The molecule has 2 N–H and O–H groups in total. The van der Waals surface area contributed by atoms with E-state index in [1.54, 1.807) is 21.0 Å². The number of thiazole rings is 1. The summed E-state index contributed by atoms with van der Waals surface area (Å²) >= 11 is 13.4. The van der Waals surface area contributed by atoms with Crippen LogP contribution in [0.1, 0.15) is 44.9 Å². The molecule has 1 amide bonds. The summed E-state index contributed by atoms with van der Waals surface area (Å²) in [6.07, 6.45) is 0.214. The largest absolute Gasteiger partial charge is 0.462 e. The summed E-state index contributed by atoms with van der Waals surface area (Å²) in [6.45, 7) is 4.40. The first-order chi connectivity index (χ1) is 15.3. The van der Waals surface area contributed by atoms with E-state index in [0.717, 1.165) is 11.3 Å². The minimum atomic E-state index is -0.530. The smallest absolute Gasteiger partial charge is 0.350 e. The monoisotopic (exact) mass is 503 g/mol. The third-order valence-electron chi connectivity index (χ3n) is 5.09. The highest BCUT2D eigenvalue weighted by Crippen LogP contribution is 2.31. The fourth-order valence-electron chi connectivity index (χ4n) is 3.46. The van der Waals surface area contributed by atoms with Crippen molar-refractivity contribution < 1.29 is 19.1 Å². The maximum Gasteiger partial charge on any atom is 0.350 e. The zero-order chi connectivity index (χ0) is 23.4. The summed E-state index contributed by atoms with van der Waals surface area (Å²) in [5, 5.41) is 6.87. The van der Waals surface area contributed by atoms with E-state index in [0.29, 0.717) is 35.4 Å². The number of rotatable bonds is 8. The first kappa shape index (κ1) is 24.4. The molecular weight excluding hydrogens is 481 g/mol. The van der Waals surface area contributed by atoms with Gasteiger partial charge < -0.3 is 24.7 Å². The van der Waals surface area contributed by atoms with Gasteiger partial charge in [-0.15, -0.1) is 0 Å². The lowest BCUT2D eigenvalue weighted by molar-refractivity contribution is 0.0529. The molecule has 10 nitrogen and oxygen atoms in total. The van der Waals surface area contributed by atoms with Crippen molar-refractivity contribution in [3.63, 3.8) is 0 Å². The number of piperidine rings is 1. The van der Waals surface area contributed by atoms with Crippen LogP contribution in [0.4, 0.5) is 5.13 Å². The molecule has 0 saturated carbocycles. The fourth-order valence-corrected chi connectivity index (χ4v) is 4.88. The van der Waals surface area contributed by atoms with Gasteiger partial charge >= 0.3 is 5.97 Å². The third-order valence-corrected chi connectivity index (χ3v) is 7.18. The van der Waals surface area contributed by atoms with Crippen LogP contribution in [-0.4, -0.2) is 60.8 Å². The summed E-state index contributed by atoms with van der Waals surface area (Å²) < 4.78 is 10.7. The second-order valence-electron chi connectivity index (χ2n) is 7.12. The van der Waals surface area contributed by atoms with Gasteiger partial charge in [0.05, 0.1) is 34.5 Å². The van der Waals surface area contributed by atoms with Gasteiger partial charge in [0.15, 0.2) is 5.13 Å². The maximum absolute atomic E-state index is 12.7. The lowest BCUT2D eigenvalue weighted by Gasteiger charge is -2.37. The first-order valence-corrected chi connectivity index (χ1v) is 11.5. The predicted octanol–water partition coefficient (Wildman–Crippen LogP) is 3.55. The molecule has 2 aromatic heterocycles. The number of methoxy groups -OCH3 is 1. The van der Waals surface area contributed by atoms with E-state index in [9.17, 15) is 14.5 Å². The molecule has 0 spiro atoms. The number of hydrogen-bond acceptors (Lipinski definition) is 9. The van der Waals surface area contributed by atoms with Crippen LogP contribution in [0.3, 0.4) is 0 Å². The van der Waals surface area contributed by atoms with Gasteiger partial charge in [0.2, 0.25) is 0 Å². The number of nitrogens with zero attached hydrogens (tertiary/aromatic N) is 3. The second kappa shape index (κ2) is 10.6. The summed E-state index contributed by atoms with van der Waals surface area (Å²) in [4.78, 5) is 45.2. The van der Waals surface area contributed by atoms with Crippen LogP contribution in [0, 0.1) is 11.8 Å². The molecule has 3 heterocycles. The van der Waals surface area contributed by atoms with Crippen molar-refractivity contribution in [2.75, 3.05) is 31.7 Å². The number of esters is 1. The van der Waals surface area contributed by atoms with Gasteiger partial charge in [-0.25, -0.2) is 9.78 Å². The Kier molecular flexibility index (Phi) is 8.10. The Morgan fingerprint density at radius 3 is 2.72 bits per heavy atom. The van der Waals surface area contributed by atoms with Crippen molar-refractivity contribution >= 4 is 51.5 Å². The third kappa shape index (κ3) is 5.06. The zero-order valence-electron chi connectivity index (χ0n) is 17.7. The fraction of sp³-hybridized carbons (Fsp3) is 0.526. The van der Waals surface area contributed by atoms with Gasteiger partial charge in [0, 0.05) is 25.9 Å². The molecule has 32 heavy (non-hydrogen) atoms. The van der Waals surface area contributed by atoms with Crippen molar-refractivity contribution in [3.05, 3.63) is 36.9 Å². The highest BCUT2D eigenvalue weighted by molar-refractivity contribution is 7.17. The van der Waals surface area contributed by atoms with Crippen LogP contribution < -0.4 is 10.2 Å². The molecule has 0 aromatic carbocycles.